The lowest BCUT2D eigenvalue weighted by atomic mass is 10.1. The number of nitrogens with zero attached hydrogens (tertiary/aromatic N) is 3. The van der Waals surface area contributed by atoms with Crippen LogP contribution in [-0.2, 0) is 17.1 Å². The lowest BCUT2D eigenvalue weighted by Gasteiger charge is -2.11. The van der Waals surface area contributed by atoms with Crippen LogP contribution in [0, 0.1) is 5.41 Å². The molecule has 0 spiro atoms. The van der Waals surface area contributed by atoms with Gasteiger partial charge in [0.2, 0.25) is 0 Å². The molecule has 1 heterocycles. The number of hydrogen-bond acceptors (Lipinski definition) is 4. The minimum atomic E-state index is -0.678. The van der Waals surface area contributed by atoms with Crippen LogP contribution in [0.3, 0.4) is 0 Å². The van der Waals surface area contributed by atoms with Crippen molar-refractivity contribution >= 4 is 17.7 Å². The van der Waals surface area contributed by atoms with E-state index in [1.807, 2.05) is 4.68 Å². The summed E-state index contributed by atoms with van der Waals surface area (Å²) in [5, 5.41) is 13.0. The molecule has 1 aromatic rings. The maximum atomic E-state index is 10.8. The van der Waals surface area contributed by atoms with Crippen LogP contribution in [0.2, 0.25) is 0 Å². The summed E-state index contributed by atoms with van der Waals surface area (Å²) in [6.45, 7) is 3.01. The summed E-state index contributed by atoms with van der Waals surface area (Å²) in [7, 11) is 0. The molecule has 1 aliphatic rings. The van der Waals surface area contributed by atoms with Gasteiger partial charge in [-0.3, -0.25) is 4.79 Å². The molecule has 0 radical (unpaired) electrons. The quantitative estimate of drug-likeness (QED) is 0.783. The zero-order valence-electron chi connectivity index (χ0n) is 10.6. The van der Waals surface area contributed by atoms with Crippen LogP contribution in [0.4, 0.5) is 0 Å². The molecule has 6 heteroatoms. The number of carbonyl (C=O) groups is 1. The van der Waals surface area contributed by atoms with E-state index in [0.717, 1.165) is 43.1 Å². The molecule has 5 nitrogen and oxygen atoms in total. The highest BCUT2D eigenvalue weighted by molar-refractivity contribution is 7.98. The van der Waals surface area contributed by atoms with Crippen molar-refractivity contribution in [3.8, 4) is 0 Å². The fourth-order valence-electron chi connectivity index (χ4n) is 2.03. The van der Waals surface area contributed by atoms with Crippen LogP contribution in [0.15, 0.2) is 6.33 Å². The van der Waals surface area contributed by atoms with Crippen LogP contribution in [0.25, 0.3) is 0 Å². The minimum absolute atomic E-state index is 0.0616. The smallest absolute Gasteiger partial charge is 0.303 e. The second-order valence-corrected chi connectivity index (χ2v) is 5.95. The van der Waals surface area contributed by atoms with Gasteiger partial charge in [-0.25, -0.2) is 9.67 Å². The summed E-state index contributed by atoms with van der Waals surface area (Å²) in [5.74, 6) is 2.05. The number of rotatable bonds is 8. The molecule has 1 N–H and O–H groups in total. The Morgan fingerprint density at radius 2 is 2.39 bits per heavy atom. The molecular formula is C12H19N3O2S. The summed E-state index contributed by atoms with van der Waals surface area (Å²) in [6, 6.07) is 0. The number of carboxylic acid groups (broad SMARTS) is 1. The first-order chi connectivity index (χ1) is 8.65. The molecular weight excluding hydrogens is 250 g/mol. The molecule has 0 bridgehead atoms. The largest absolute Gasteiger partial charge is 0.481 e. The lowest BCUT2D eigenvalue weighted by Crippen LogP contribution is -2.12. The number of thioether (sulfide) groups is 1. The Hall–Kier alpha value is -1.04. The molecule has 1 fully saturated rings. The second-order valence-electron chi connectivity index (χ2n) is 4.96. The van der Waals surface area contributed by atoms with E-state index in [0.29, 0.717) is 6.42 Å². The van der Waals surface area contributed by atoms with E-state index in [1.54, 1.807) is 18.1 Å². The predicted octanol–water partition coefficient (Wildman–Crippen LogP) is 2.18. The molecule has 1 aromatic heterocycles. The maximum Gasteiger partial charge on any atom is 0.303 e. The fourth-order valence-corrected chi connectivity index (χ4v) is 3.36. The molecule has 0 unspecified atom stereocenters. The van der Waals surface area contributed by atoms with Gasteiger partial charge in [-0.05, 0) is 30.4 Å². The van der Waals surface area contributed by atoms with Crippen molar-refractivity contribution in [2.24, 2.45) is 5.41 Å². The molecule has 1 aliphatic carbocycles. The van der Waals surface area contributed by atoms with E-state index >= 15 is 0 Å². The van der Waals surface area contributed by atoms with Crippen molar-refractivity contribution < 1.29 is 9.90 Å². The average Bonchev–Trinajstić information content (AvgIpc) is 2.90. The number of carboxylic acids is 1. The van der Waals surface area contributed by atoms with Gasteiger partial charge >= 0.3 is 5.97 Å². The van der Waals surface area contributed by atoms with Gasteiger partial charge in [0.25, 0.3) is 0 Å². The van der Waals surface area contributed by atoms with E-state index in [4.69, 9.17) is 5.11 Å². The zero-order valence-corrected chi connectivity index (χ0v) is 11.4. The van der Waals surface area contributed by atoms with Gasteiger partial charge in [0.05, 0.1) is 12.2 Å². The Morgan fingerprint density at radius 3 is 3.00 bits per heavy atom. The normalized spacial score (nSPS) is 16.7. The van der Waals surface area contributed by atoms with Crippen LogP contribution in [0.1, 0.15) is 38.4 Å². The summed E-state index contributed by atoms with van der Waals surface area (Å²) in [4.78, 5) is 15.0. The molecule has 2 rings (SSSR count). The third-order valence-electron chi connectivity index (χ3n) is 3.25. The van der Waals surface area contributed by atoms with Gasteiger partial charge in [0.15, 0.2) is 0 Å². The highest BCUT2D eigenvalue weighted by Crippen LogP contribution is 2.51. The van der Waals surface area contributed by atoms with Crippen molar-refractivity contribution in [1.82, 2.24) is 14.8 Å². The summed E-state index contributed by atoms with van der Waals surface area (Å²) < 4.78 is 1.93. The molecule has 18 heavy (non-hydrogen) atoms. The Balaban J connectivity index is 1.78. The van der Waals surface area contributed by atoms with Crippen molar-refractivity contribution in [3.63, 3.8) is 0 Å². The summed E-state index contributed by atoms with van der Waals surface area (Å²) in [6.07, 6.45) is 5.04. The molecule has 0 saturated heterocycles. The van der Waals surface area contributed by atoms with Gasteiger partial charge < -0.3 is 5.11 Å². The Kier molecular flexibility index (Phi) is 4.27. The van der Waals surface area contributed by atoms with Gasteiger partial charge in [0, 0.05) is 6.54 Å². The van der Waals surface area contributed by atoms with E-state index in [1.165, 1.54) is 0 Å². The van der Waals surface area contributed by atoms with Gasteiger partial charge in [-0.2, -0.15) is 16.9 Å². The van der Waals surface area contributed by atoms with Crippen molar-refractivity contribution in [1.29, 1.82) is 0 Å². The molecule has 0 amide bonds. The van der Waals surface area contributed by atoms with Crippen molar-refractivity contribution in [3.05, 3.63) is 12.2 Å². The SMILES string of the molecule is CCCn1ncnc1CSCC1(CC(=O)O)CC1. The Labute approximate surface area is 111 Å². The molecule has 100 valence electrons. The highest BCUT2D eigenvalue weighted by Gasteiger charge is 2.44. The number of hydrogen-bond donors (Lipinski definition) is 1. The Morgan fingerprint density at radius 1 is 1.61 bits per heavy atom. The standard InChI is InChI=1S/C12H19N3O2S/c1-2-5-15-10(13-9-14-15)7-18-8-12(3-4-12)6-11(16)17/h9H,2-8H2,1H3,(H,16,17). The first kappa shape index (κ1) is 13.4. The van der Waals surface area contributed by atoms with Crippen molar-refractivity contribution in [2.75, 3.05) is 5.75 Å². The monoisotopic (exact) mass is 269 g/mol. The number of aromatic nitrogens is 3. The summed E-state index contributed by atoms with van der Waals surface area (Å²) >= 11 is 1.78. The predicted molar refractivity (Wildman–Crippen MR) is 70.4 cm³/mol. The van der Waals surface area contributed by atoms with Crippen LogP contribution >= 0.6 is 11.8 Å². The van der Waals surface area contributed by atoms with E-state index in [2.05, 4.69) is 17.0 Å². The van der Waals surface area contributed by atoms with Crippen LogP contribution in [0.5, 0.6) is 0 Å². The highest BCUT2D eigenvalue weighted by atomic mass is 32.2. The molecule has 1 saturated carbocycles. The van der Waals surface area contributed by atoms with E-state index in [-0.39, 0.29) is 5.41 Å². The first-order valence-electron chi connectivity index (χ1n) is 6.31. The molecule has 0 aromatic carbocycles. The number of aliphatic carboxylic acids is 1. The minimum Gasteiger partial charge on any atom is -0.481 e. The second kappa shape index (κ2) is 5.73. The van der Waals surface area contributed by atoms with E-state index in [9.17, 15) is 4.79 Å². The van der Waals surface area contributed by atoms with Crippen LogP contribution in [-0.4, -0.2) is 31.6 Å². The topological polar surface area (TPSA) is 68.0 Å². The molecule has 0 atom stereocenters. The summed E-state index contributed by atoms with van der Waals surface area (Å²) in [5.41, 5.74) is 0.0616. The average molecular weight is 269 g/mol. The fraction of sp³-hybridized carbons (Fsp3) is 0.750. The number of aryl methyl sites for hydroxylation is 1. The van der Waals surface area contributed by atoms with Crippen molar-refractivity contribution in [2.45, 2.75) is 44.9 Å². The van der Waals surface area contributed by atoms with Gasteiger partial charge in [-0.1, -0.05) is 6.92 Å². The lowest BCUT2D eigenvalue weighted by molar-refractivity contribution is -0.138. The van der Waals surface area contributed by atoms with Gasteiger partial charge in [-0.15, -0.1) is 0 Å². The third-order valence-corrected chi connectivity index (χ3v) is 4.53. The Bertz CT molecular complexity index is 415. The molecule has 0 aliphatic heterocycles. The third kappa shape index (κ3) is 3.48. The van der Waals surface area contributed by atoms with Gasteiger partial charge in [0.1, 0.15) is 12.2 Å². The first-order valence-corrected chi connectivity index (χ1v) is 7.47. The zero-order chi connectivity index (χ0) is 13.0. The van der Waals surface area contributed by atoms with E-state index < -0.39 is 5.97 Å². The maximum absolute atomic E-state index is 10.8. The van der Waals surface area contributed by atoms with Crippen LogP contribution < -0.4 is 0 Å².